The summed E-state index contributed by atoms with van der Waals surface area (Å²) in [5.74, 6) is 0.539. The first-order chi connectivity index (χ1) is 8.17. The second kappa shape index (κ2) is 7.45. The summed E-state index contributed by atoms with van der Waals surface area (Å²) >= 11 is 0. The Kier molecular flexibility index (Phi) is 6.22. The minimum atomic E-state index is 0.483. The molecule has 0 bridgehead atoms. The Morgan fingerprint density at radius 1 is 1.47 bits per heavy atom. The van der Waals surface area contributed by atoms with Gasteiger partial charge in [-0.05, 0) is 25.3 Å². The Hall–Kier alpha value is -0.870. The fraction of sp³-hybridized carbons (Fsp3) is 0.769. The van der Waals surface area contributed by atoms with Crippen LogP contribution in [0.4, 0.5) is 0 Å². The number of hydrogen-bond acceptors (Lipinski definition) is 3. The summed E-state index contributed by atoms with van der Waals surface area (Å²) in [6, 6.07) is 2.57. The van der Waals surface area contributed by atoms with Crippen LogP contribution in [0.15, 0.2) is 12.3 Å². The Morgan fingerprint density at radius 3 is 2.88 bits per heavy atom. The molecule has 2 atom stereocenters. The van der Waals surface area contributed by atoms with E-state index in [4.69, 9.17) is 4.74 Å². The van der Waals surface area contributed by atoms with Gasteiger partial charge in [-0.3, -0.25) is 4.68 Å². The Morgan fingerprint density at radius 2 is 2.24 bits per heavy atom. The lowest BCUT2D eigenvalue weighted by molar-refractivity contribution is 0.158. The van der Waals surface area contributed by atoms with E-state index < -0.39 is 0 Å². The molecule has 1 heterocycles. The molecule has 0 saturated carbocycles. The normalized spacial score (nSPS) is 14.8. The van der Waals surface area contributed by atoms with E-state index in [9.17, 15) is 0 Å². The number of hydrogen-bond donors (Lipinski definition) is 1. The predicted octanol–water partition coefficient (Wildman–Crippen LogP) is 2.23. The zero-order valence-corrected chi connectivity index (χ0v) is 11.4. The van der Waals surface area contributed by atoms with E-state index in [-0.39, 0.29) is 0 Å². The highest BCUT2D eigenvalue weighted by atomic mass is 16.5. The molecule has 4 nitrogen and oxygen atoms in total. The molecule has 1 aromatic heterocycles. The molecule has 1 N–H and O–H groups in total. The van der Waals surface area contributed by atoms with Crippen LogP contribution in [0.25, 0.3) is 0 Å². The van der Waals surface area contributed by atoms with Crippen LogP contribution in [-0.2, 0) is 11.3 Å². The van der Waals surface area contributed by atoms with Crippen molar-refractivity contribution >= 4 is 0 Å². The van der Waals surface area contributed by atoms with Crippen molar-refractivity contribution in [1.29, 1.82) is 0 Å². The van der Waals surface area contributed by atoms with E-state index >= 15 is 0 Å². The molecule has 1 aromatic rings. The number of nitrogens with one attached hydrogen (secondary N) is 1. The van der Waals surface area contributed by atoms with Crippen LogP contribution in [0.1, 0.15) is 38.9 Å². The maximum Gasteiger partial charge on any atom is 0.0762 e. The molecule has 4 heteroatoms. The molecule has 0 aromatic carbocycles. The smallest absolute Gasteiger partial charge is 0.0762 e. The summed E-state index contributed by atoms with van der Waals surface area (Å²) < 4.78 is 7.13. The Labute approximate surface area is 104 Å². The molecular weight excluding hydrogens is 214 g/mol. The first kappa shape index (κ1) is 14.2. The maximum absolute atomic E-state index is 5.10. The summed E-state index contributed by atoms with van der Waals surface area (Å²) in [6.45, 7) is 9.13. The lowest BCUT2D eigenvalue weighted by atomic mass is 10.2. The molecule has 0 aliphatic rings. The average molecular weight is 239 g/mol. The van der Waals surface area contributed by atoms with Crippen molar-refractivity contribution in [2.75, 3.05) is 20.3 Å². The average Bonchev–Trinajstić information content (AvgIpc) is 2.77. The molecule has 0 amide bonds. The van der Waals surface area contributed by atoms with Crippen molar-refractivity contribution in [3.05, 3.63) is 18.0 Å². The van der Waals surface area contributed by atoms with E-state index in [0.29, 0.717) is 12.0 Å². The van der Waals surface area contributed by atoms with E-state index in [1.165, 1.54) is 0 Å². The SMILES string of the molecule is CCC(C)n1ccc(CNCC(C)COC)n1. The predicted molar refractivity (Wildman–Crippen MR) is 70.0 cm³/mol. The molecular formula is C13H25N3O. The zero-order chi connectivity index (χ0) is 12.7. The Balaban J connectivity index is 2.30. The van der Waals surface area contributed by atoms with E-state index in [0.717, 1.165) is 31.8 Å². The van der Waals surface area contributed by atoms with Gasteiger partial charge in [0.15, 0.2) is 0 Å². The third-order valence-corrected chi connectivity index (χ3v) is 2.96. The minimum absolute atomic E-state index is 0.483. The summed E-state index contributed by atoms with van der Waals surface area (Å²) in [5.41, 5.74) is 1.11. The quantitative estimate of drug-likeness (QED) is 0.756. The van der Waals surface area contributed by atoms with Gasteiger partial charge in [0.1, 0.15) is 0 Å². The van der Waals surface area contributed by atoms with Gasteiger partial charge in [0.05, 0.1) is 5.69 Å². The van der Waals surface area contributed by atoms with E-state index in [2.05, 4.69) is 43.4 Å². The van der Waals surface area contributed by atoms with Crippen molar-refractivity contribution in [3.8, 4) is 0 Å². The number of methoxy groups -OCH3 is 1. The summed E-state index contributed by atoms with van der Waals surface area (Å²) in [6.07, 6.45) is 3.17. The molecule has 0 saturated heterocycles. The topological polar surface area (TPSA) is 39.1 Å². The highest BCUT2D eigenvalue weighted by Gasteiger charge is 2.05. The van der Waals surface area contributed by atoms with Crippen molar-refractivity contribution in [1.82, 2.24) is 15.1 Å². The van der Waals surface area contributed by atoms with Crippen molar-refractivity contribution in [2.24, 2.45) is 5.92 Å². The molecule has 0 spiro atoms. The van der Waals surface area contributed by atoms with Crippen LogP contribution in [-0.4, -0.2) is 30.0 Å². The number of rotatable bonds is 8. The van der Waals surface area contributed by atoms with Gasteiger partial charge in [0, 0.05) is 39.0 Å². The number of aromatic nitrogens is 2. The van der Waals surface area contributed by atoms with Crippen LogP contribution in [0.3, 0.4) is 0 Å². The molecule has 98 valence electrons. The monoisotopic (exact) mass is 239 g/mol. The third kappa shape index (κ3) is 4.88. The second-order valence-electron chi connectivity index (χ2n) is 4.74. The standard InChI is InChI=1S/C13H25N3O/c1-5-12(3)16-7-6-13(15-16)9-14-8-11(2)10-17-4/h6-7,11-12,14H,5,8-10H2,1-4H3. The van der Waals surface area contributed by atoms with Gasteiger partial charge in [0.25, 0.3) is 0 Å². The molecule has 0 aliphatic heterocycles. The molecule has 1 rings (SSSR count). The van der Waals surface area contributed by atoms with Gasteiger partial charge in [-0.2, -0.15) is 5.10 Å². The van der Waals surface area contributed by atoms with Crippen molar-refractivity contribution in [2.45, 2.75) is 39.8 Å². The number of ether oxygens (including phenoxy) is 1. The molecule has 2 unspecified atom stereocenters. The van der Waals surface area contributed by atoms with E-state index in [1.807, 2.05) is 4.68 Å². The summed E-state index contributed by atoms with van der Waals surface area (Å²) in [7, 11) is 1.74. The molecule has 0 aliphatic carbocycles. The van der Waals surface area contributed by atoms with Crippen LogP contribution in [0.2, 0.25) is 0 Å². The first-order valence-corrected chi connectivity index (χ1v) is 6.41. The Bertz CT molecular complexity index is 311. The van der Waals surface area contributed by atoms with Crippen molar-refractivity contribution in [3.63, 3.8) is 0 Å². The lowest BCUT2D eigenvalue weighted by Crippen LogP contribution is -2.23. The van der Waals surface area contributed by atoms with E-state index in [1.54, 1.807) is 7.11 Å². The van der Waals surface area contributed by atoms with Crippen LogP contribution < -0.4 is 5.32 Å². The number of nitrogens with zero attached hydrogens (tertiary/aromatic N) is 2. The largest absolute Gasteiger partial charge is 0.384 e. The van der Waals surface area contributed by atoms with Gasteiger partial charge in [-0.1, -0.05) is 13.8 Å². The summed E-state index contributed by atoms with van der Waals surface area (Å²) in [5, 5.41) is 7.95. The van der Waals surface area contributed by atoms with Gasteiger partial charge in [-0.25, -0.2) is 0 Å². The van der Waals surface area contributed by atoms with Gasteiger partial charge < -0.3 is 10.1 Å². The lowest BCUT2D eigenvalue weighted by Gasteiger charge is -2.11. The third-order valence-electron chi connectivity index (χ3n) is 2.96. The highest BCUT2D eigenvalue weighted by Crippen LogP contribution is 2.09. The fourth-order valence-electron chi connectivity index (χ4n) is 1.69. The van der Waals surface area contributed by atoms with Gasteiger partial charge in [-0.15, -0.1) is 0 Å². The van der Waals surface area contributed by atoms with Crippen LogP contribution in [0.5, 0.6) is 0 Å². The molecule has 0 radical (unpaired) electrons. The highest BCUT2D eigenvalue weighted by molar-refractivity contribution is 4.99. The summed E-state index contributed by atoms with van der Waals surface area (Å²) in [4.78, 5) is 0. The van der Waals surface area contributed by atoms with Crippen LogP contribution >= 0.6 is 0 Å². The van der Waals surface area contributed by atoms with Gasteiger partial charge >= 0.3 is 0 Å². The van der Waals surface area contributed by atoms with Crippen molar-refractivity contribution < 1.29 is 4.74 Å². The van der Waals surface area contributed by atoms with Gasteiger partial charge in [0.2, 0.25) is 0 Å². The second-order valence-corrected chi connectivity index (χ2v) is 4.74. The molecule has 0 fully saturated rings. The zero-order valence-electron chi connectivity index (χ0n) is 11.4. The molecule has 17 heavy (non-hydrogen) atoms. The minimum Gasteiger partial charge on any atom is -0.384 e. The maximum atomic E-state index is 5.10. The van der Waals surface area contributed by atoms with Crippen LogP contribution in [0, 0.1) is 5.92 Å². The first-order valence-electron chi connectivity index (χ1n) is 6.41. The fourth-order valence-corrected chi connectivity index (χ4v) is 1.69.